The number of thiophene rings is 1. The minimum Gasteiger partial charge on any atom is -0.489 e. The fraction of sp³-hybridized carbons (Fsp3) is 0.304. The van der Waals surface area contributed by atoms with Crippen LogP contribution in [0.15, 0.2) is 48.5 Å². The predicted molar refractivity (Wildman–Crippen MR) is 115 cm³/mol. The van der Waals surface area contributed by atoms with Gasteiger partial charge in [0.2, 0.25) is 5.91 Å². The number of hydrogen-bond donors (Lipinski definition) is 1. The van der Waals surface area contributed by atoms with E-state index in [0.29, 0.717) is 47.5 Å². The number of piperidine rings is 1. The fourth-order valence-corrected chi connectivity index (χ4v) is 5.00. The highest BCUT2D eigenvalue weighted by molar-refractivity contribution is 7.21. The molecule has 3 aromatic rings. The molecule has 0 bridgehead atoms. The molecule has 30 heavy (non-hydrogen) atoms. The minimum absolute atomic E-state index is 0.0555. The molecule has 0 atom stereocenters. The third kappa shape index (κ3) is 4.31. The van der Waals surface area contributed by atoms with Crippen LogP contribution in [0.4, 0.5) is 4.39 Å². The zero-order chi connectivity index (χ0) is 21.1. The summed E-state index contributed by atoms with van der Waals surface area (Å²) in [5.74, 6) is 0.158. The predicted octanol–water partition coefficient (Wildman–Crippen LogP) is 4.36. The monoisotopic (exact) mass is 426 g/mol. The van der Waals surface area contributed by atoms with Crippen LogP contribution in [-0.4, -0.2) is 35.8 Å². The molecule has 0 saturated carbocycles. The van der Waals surface area contributed by atoms with Gasteiger partial charge >= 0.3 is 0 Å². The second kappa shape index (κ2) is 8.83. The number of fused-ring (bicyclic) bond motifs is 1. The molecule has 2 heterocycles. The quantitative estimate of drug-likeness (QED) is 0.660. The highest BCUT2D eigenvalue weighted by atomic mass is 32.1. The van der Waals surface area contributed by atoms with E-state index in [1.807, 2.05) is 36.4 Å². The smallest absolute Gasteiger partial charge is 0.264 e. The number of halogens is 1. The van der Waals surface area contributed by atoms with Gasteiger partial charge in [-0.05, 0) is 37.1 Å². The average Bonchev–Trinajstić information content (AvgIpc) is 3.12. The molecule has 0 radical (unpaired) electrons. The topological polar surface area (TPSA) is 58.6 Å². The van der Waals surface area contributed by atoms with Crippen LogP contribution in [0.3, 0.4) is 0 Å². The van der Waals surface area contributed by atoms with Crippen LogP contribution >= 0.6 is 11.3 Å². The van der Waals surface area contributed by atoms with Gasteiger partial charge in [-0.1, -0.05) is 24.3 Å². The summed E-state index contributed by atoms with van der Waals surface area (Å²) < 4.78 is 21.3. The maximum absolute atomic E-state index is 14.7. The molecule has 1 aliphatic rings. The molecule has 1 aliphatic heterocycles. The molecular formula is C23H23FN2O3S. The van der Waals surface area contributed by atoms with Gasteiger partial charge in [0, 0.05) is 41.7 Å². The van der Waals surface area contributed by atoms with Crippen LogP contribution in [0.2, 0.25) is 0 Å². The molecule has 0 spiro atoms. The van der Waals surface area contributed by atoms with Crippen molar-refractivity contribution in [2.24, 2.45) is 0 Å². The first-order chi connectivity index (χ1) is 14.5. The van der Waals surface area contributed by atoms with Gasteiger partial charge in [0.05, 0.1) is 4.88 Å². The van der Waals surface area contributed by atoms with Crippen LogP contribution in [0.5, 0.6) is 5.75 Å². The zero-order valence-electron chi connectivity index (χ0n) is 16.7. The van der Waals surface area contributed by atoms with Crippen LogP contribution in [0, 0.1) is 5.82 Å². The number of ether oxygens (including phenoxy) is 1. The lowest BCUT2D eigenvalue weighted by Gasteiger charge is -2.32. The Morgan fingerprint density at radius 2 is 1.87 bits per heavy atom. The lowest BCUT2D eigenvalue weighted by Crippen LogP contribution is -2.46. The lowest BCUT2D eigenvalue weighted by molar-refractivity contribution is -0.119. The summed E-state index contributed by atoms with van der Waals surface area (Å²) in [5.41, 5.74) is 0.589. The van der Waals surface area contributed by atoms with Crippen molar-refractivity contribution >= 4 is 33.2 Å². The molecule has 1 aromatic heterocycles. The maximum Gasteiger partial charge on any atom is 0.264 e. The summed E-state index contributed by atoms with van der Waals surface area (Å²) in [6, 6.07) is 14.3. The Hall–Kier alpha value is -2.93. The molecule has 1 fully saturated rings. The van der Waals surface area contributed by atoms with Crippen molar-refractivity contribution in [1.29, 1.82) is 0 Å². The fourth-order valence-electron chi connectivity index (χ4n) is 3.81. The molecule has 5 nitrogen and oxygen atoms in total. The molecule has 156 valence electrons. The van der Waals surface area contributed by atoms with Gasteiger partial charge in [0.15, 0.2) is 0 Å². The third-order valence-electron chi connectivity index (χ3n) is 5.27. The van der Waals surface area contributed by atoms with Gasteiger partial charge in [-0.15, -0.1) is 11.3 Å². The second-order valence-electron chi connectivity index (χ2n) is 7.39. The summed E-state index contributed by atoms with van der Waals surface area (Å²) in [6.45, 7) is 2.73. The lowest BCUT2D eigenvalue weighted by atomic mass is 10.0. The largest absolute Gasteiger partial charge is 0.489 e. The van der Waals surface area contributed by atoms with Crippen LogP contribution in [-0.2, 0) is 11.4 Å². The van der Waals surface area contributed by atoms with E-state index in [9.17, 15) is 14.0 Å². The molecule has 1 N–H and O–H groups in total. The summed E-state index contributed by atoms with van der Waals surface area (Å²) in [5, 5.41) is 3.37. The first kappa shape index (κ1) is 20.3. The van der Waals surface area contributed by atoms with E-state index in [-0.39, 0.29) is 30.3 Å². The second-order valence-corrected chi connectivity index (χ2v) is 8.44. The number of nitrogens with one attached hydrogen (secondary N) is 1. The van der Waals surface area contributed by atoms with Crippen molar-refractivity contribution in [3.8, 4) is 5.75 Å². The van der Waals surface area contributed by atoms with Crippen molar-refractivity contribution in [2.45, 2.75) is 32.4 Å². The zero-order valence-corrected chi connectivity index (χ0v) is 17.5. The number of benzene rings is 2. The summed E-state index contributed by atoms with van der Waals surface area (Å²) in [6.07, 6.45) is 1.42. The van der Waals surface area contributed by atoms with E-state index in [1.165, 1.54) is 24.3 Å². The summed E-state index contributed by atoms with van der Waals surface area (Å²) in [4.78, 5) is 26.9. The van der Waals surface area contributed by atoms with Gasteiger partial charge < -0.3 is 15.0 Å². The molecule has 4 rings (SSSR count). The van der Waals surface area contributed by atoms with Crippen LogP contribution in [0.1, 0.15) is 35.0 Å². The van der Waals surface area contributed by atoms with Crippen LogP contribution < -0.4 is 10.1 Å². The third-order valence-corrected chi connectivity index (χ3v) is 6.46. The van der Waals surface area contributed by atoms with E-state index in [0.717, 1.165) is 4.70 Å². The molecule has 7 heteroatoms. The van der Waals surface area contributed by atoms with E-state index < -0.39 is 0 Å². The number of para-hydroxylation sites is 1. The van der Waals surface area contributed by atoms with E-state index in [2.05, 4.69) is 5.32 Å². The van der Waals surface area contributed by atoms with Gasteiger partial charge in [0.1, 0.15) is 18.2 Å². The van der Waals surface area contributed by atoms with E-state index in [4.69, 9.17) is 4.74 Å². The highest BCUT2D eigenvalue weighted by Gasteiger charge is 2.28. The van der Waals surface area contributed by atoms with Crippen LogP contribution in [0.25, 0.3) is 10.1 Å². The van der Waals surface area contributed by atoms with Gasteiger partial charge in [-0.3, -0.25) is 9.59 Å². The van der Waals surface area contributed by atoms with Crippen molar-refractivity contribution < 1.29 is 18.7 Å². The molecule has 0 unspecified atom stereocenters. The molecule has 0 aliphatic carbocycles. The number of nitrogens with zero attached hydrogens (tertiary/aromatic N) is 1. The Bertz CT molecular complexity index is 1060. The molecular weight excluding hydrogens is 403 g/mol. The molecule has 2 amide bonds. The summed E-state index contributed by atoms with van der Waals surface area (Å²) >= 11 is 1.31. The SMILES string of the molecule is CC(=O)NC1CCN(C(=O)c2sc3cccc(F)c3c2COc2ccccc2)CC1. The number of carbonyl (C=O) groups excluding carboxylic acids is 2. The van der Waals surface area contributed by atoms with Gasteiger partial charge in [-0.25, -0.2) is 4.39 Å². The Labute approximate surface area is 178 Å². The number of rotatable bonds is 5. The van der Waals surface area contributed by atoms with Crippen molar-refractivity contribution in [2.75, 3.05) is 13.1 Å². The van der Waals surface area contributed by atoms with Crippen molar-refractivity contribution in [3.63, 3.8) is 0 Å². The standard InChI is InChI=1S/C23H23FN2O3S/c1-15(27)25-16-10-12-26(13-11-16)23(28)22-18(14-29-17-6-3-2-4-7-17)21-19(24)8-5-9-20(21)30-22/h2-9,16H,10-14H2,1H3,(H,25,27). The first-order valence-electron chi connectivity index (χ1n) is 9.97. The number of likely N-dealkylation sites (tertiary alicyclic amines) is 1. The molecule has 1 saturated heterocycles. The normalized spacial score (nSPS) is 14.7. The highest BCUT2D eigenvalue weighted by Crippen LogP contribution is 2.35. The Morgan fingerprint density at radius 3 is 2.57 bits per heavy atom. The number of amides is 2. The average molecular weight is 427 g/mol. The summed E-state index contributed by atoms with van der Waals surface area (Å²) in [7, 11) is 0. The van der Waals surface area contributed by atoms with Crippen molar-refractivity contribution in [1.82, 2.24) is 10.2 Å². The number of carbonyl (C=O) groups is 2. The van der Waals surface area contributed by atoms with E-state index >= 15 is 0 Å². The van der Waals surface area contributed by atoms with Gasteiger partial charge in [-0.2, -0.15) is 0 Å². The minimum atomic E-state index is -0.348. The van der Waals surface area contributed by atoms with E-state index in [1.54, 1.807) is 11.0 Å². The van der Waals surface area contributed by atoms with Gasteiger partial charge in [0.25, 0.3) is 5.91 Å². The maximum atomic E-state index is 14.7. The Morgan fingerprint density at radius 1 is 1.13 bits per heavy atom. The Kier molecular flexibility index (Phi) is 5.99. The molecule has 2 aromatic carbocycles. The number of hydrogen-bond acceptors (Lipinski definition) is 4. The Balaban J connectivity index is 1.59. The first-order valence-corrected chi connectivity index (χ1v) is 10.8. The van der Waals surface area contributed by atoms with Crippen molar-refractivity contribution in [3.05, 3.63) is 64.8 Å².